The van der Waals surface area contributed by atoms with Crippen molar-refractivity contribution in [2.45, 2.75) is 0 Å². The number of aryl methyl sites for hydroxylation is 1. The Labute approximate surface area is 130 Å². The summed E-state index contributed by atoms with van der Waals surface area (Å²) in [5, 5.41) is 19.0. The molecule has 0 bridgehead atoms. The number of carbonyl (C=O) groups is 2. The van der Waals surface area contributed by atoms with Gasteiger partial charge < -0.3 is 4.57 Å². The topological polar surface area (TPSA) is 114 Å². The quantitative estimate of drug-likeness (QED) is 0.286. The zero-order valence-electron chi connectivity index (χ0n) is 12.1. The summed E-state index contributed by atoms with van der Waals surface area (Å²) in [5.74, 6) is -0.976. The summed E-state index contributed by atoms with van der Waals surface area (Å²) >= 11 is 0. The second kappa shape index (κ2) is 6.67. The van der Waals surface area contributed by atoms with E-state index in [0.29, 0.717) is 16.8 Å². The van der Waals surface area contributed by atoms with Crippen LogP contribution in [0.5, 0.6) is 0 Å². The van der Waals surface area contributed by atoms with E-state index in [1.165, 1.54) is 35.8 Å². The summed E-state index contributed by atoms with van der Waals surface area (Å²) in [5.41, 5.74) is 2.66. The summed E-state index contributed by atoms with van der Waals surface area (Å²) in [6, 6.07) is 6.89. The van der Waals surface area contributed by atoms with Gasteiger partial charge in [0, 0.05) is 48.3 Å². The van der Waals surface area contributed by atoms with Crippen LogP contribution < -0.4 is 5.48 Å². The maximum atomic E-state index is 12.4. The number of aromatic nitrogens is 1. The minimum absolute atomic E-state index is 0.0896. The molecule has 1 aromatic carbocycles. The van der Waals surface area contributed by atoms with Crippen molar-refractivity contribution in [3.8, 4) is 0 Å². The lowest BCUT2D eigenvalue weighted by molar-refractivity contribution is -0.384. The largest absolute Gasteiger partial charge is 0.350 e. The molecule has 0 spiro atoms. The van der Waals surface area contributed by atoms with Crippen molar-refractivity contribution in [1.82, 2.24) is 10.0 Å². The van der Waals surface area contributed by atoms with E-state index in [0.717, 1.165) is 6.08 Å². The summed E-state index contributed by atoms with van der Waals surface area (Å²) < 4.78 is 1.64. The molecule has 2 rings (SSSR count). The highest BCUT2D eigenvalue weighted by molar-refractivity contribution is 6.09. The number of nitrogens with zero attached hydrogens (tertiary/aromatic N) is 2. The number of carbonyl (C=O) groups excluding carboxylic acids is 2. The van der Waals surface area contributed by atoms with Crippen LogP contribution in [0.4, 0.5) is 5.69 Å². The van der Waals surface area contributed by atoms with Crippen molar-refractivity contribution in [3.63, 3.8) is 0 Å². The Balaban J connectivity index is 2.24. The lowest BCUT2D eigenvalue weighted by atomic mass is 10.1. The predicted molar refractivity (Wildman–Crippen MR) is 80.9 cm³/mol. The molecular formula is C15H13N3O5. The monoisotopic (exact) mass is 315 g/mol. The minimum Gasteiger partial charge on any atom is -0.350 e. The second-order valence-electron chi connectivity index (χ2n) is 4.71. The third kappa shape index (κ3) is 3.69. The van der Waals surface area contributed by atoms with Crippen LogP contribution in [-0.4, -0.2) is 26.4 Å². The molecule has 1 aromatic heterocycles. The van der Waals surface area contributed by atoms with Gasteiger partial charge in [-0.25, -0.2) is 5.48 Å². The van der Waals surface area contributed by atoms with Gasteiger partial charge in [-0.3, -0.25) is 24.9 Å². The molecule has 0 atom stereocenters. The molecule has 2 N–H and O–H groups in total. The number of nitrogens with one attached hydrogen (secondary N) is 1. The first-order valence-corrected chi connectivity index (χ1v) is 6.50. The standard InChI is InChI=1S/C15H13N3O5/c1-17-9-11(8-13(17)6-7-14(19)16-21)15(20)10-2-4-12(5-3-10)18(22)23/h2-9,21H,1H3,(H,16,19)/b7-6+. The normalized spacial score (nSPS) is 10.7. The first-order chi connectivity index (χ1) is 10.9. The number of hydroxylamine groups is 1. The maximum absolute atomic E-state index is 12.4. The van der Waals surface area contributed by atoms with Gasteiger partial charge in [-0.2, -0.15) is 0 Å². The number of non-ortho nitro benzene ring substituents is 1. The fourth-order valence-electron chi connectivity index (χ4n) is 1.97. The Morgan fingerprint density at radius 3 is 2.48 bits per heavy atom. The molecule has 23 heavy (non-hydrogen) atoms. The van der Waals surface area contributed by atoms with Crippen LogP contribution in [-0.2, 0) is 11.8 Å². The van der Waals surface area contributed by atoms with Crippen molar-refractivity contribution >= 4 is 23.5 Å². The van der Waals surface area contributed by atoms with Gasteiger partial charge in [-0.1, -0.05) is 0 Å². The molecule has 2 aromatic rings. The smallest absolute Gasteiger partial charge is 0.269 e. The molecule has 0 radical (unpaired) electrons. The molecule has 0 unspecified atom stereocenters. The number of rotatable bonds is 5. The van der Waals surface area contributed by atoms with E-state index in [-0.39, 0.29) is 11.5 Å². The van der Waals surface area contributed by atoms with Crippen LogP contribution in [0.2, 0.25) is 0 Å². The van der Waals surface area contributed by atoms with Gasteiger partial charge in [0.25, 0.3) is 11.6 Å². The number of nitro benzene ring substituents is 1. The molecule has 8 nitrogen and oxygen atoms in total. The number of benzene rings is 1. The van der Waals surface area contributed by atoms with Crippen molar-refractivity contribution < 1.29 is 19.7 Å². The van der Waals surface area contributed by atoms with E-state index in [1.54, 1.807) is 23.9 Å². The first kappa shape index (κ1) is 16.1. The van der Waals surface area contributed by atoms with Gasteiger partial charge in [0.15, 0.2) is 5.78 Å². The van der Waals surface area contributed by atoms with Crippen LogP contribution in [0, 0.1) is 10.1 Å². The second-order valence-corrected chi connectivity index (χ2v) is 4.71. The SMILES string of the molecule is Cn1cc(C(=O)c2ccc([N+](=O)[O-])cc2)cc1/C=C/C(=O)NO. The first-order valence-electron chi connectivity index (χ1n) is 6.50. The van der Waals surface area contributed by atoms with Gasteiger partial charge in [0.2, 0.25) is 0 Å². The number of nitro groups is 1. The molecule has 0 fully saturated rings. The molecule has 0 saturated carbocycles. The van der Waals surface area contributed by atoms with Crippen LogP contribution in [0.1, 0.15) is 21.6 Å². The Kier molecular flexibility index (Phi) is 4.67. The molecule has 0 saturated heterocycles. The molecule has 0 aliphatic carbocycles. The Morgan fingerprint density at radius 2 is 1.91 bits per heavy atom. The number of hydrogen-bond acceptors (Lipinski definition) is 5. The lowest BCUT2D eigenvalue weighted by Crippen LogP contribution is -2.14. The van der Waals surface area contributed by atoms with E-state index < -0.39 is 10.8 Å². The zero-order chi connectivity index (χ0) is 17.0. The highest BCUT2D eigenvalue weighted by Gasteiger charge is 2.14. The Hall–Kier alpha value is -3.26. The highest BCUT2D eigenvalue weighted by Crippen LogP contribution is 2.17. The predicted octanol–water partition coefficient (Wildman–Crippen LogP) is 1.68. The fourth-order valence-corrected chi connectivity index (χ4v) is 1.97. The maximum Gasteiger partial charge on any atom is 0.269 e. The molecule has 0 aliphatic rings. The van der Waals surface area contributed by atoms with E-state index in [2.05, 4.69) is 0 Å². The number of amides is 1. The van der Waals surface area contributed by atoms with Crippen molar-refractivity contribution in [1.29, 1.82) is 0 Å². The van der Waals surface area contributed by atoms with Crippen molar-refractivity contribution in [2.24, 2.45) is 7.05 Å². The molecule has 8 heteroatoms. The average molecular weight is 315 g/mol. The van der Waals surface area contributed by atoms with Gasteiger partial charge >= 0.3 is 0 Å². The molecular weight excluding hydrogens is 302 g/mol. The molecule has 1 heterocycles. The number of ketones is 1. The van der Waals surface area contributed by atoms with E-state index in [4.69, 9.17) is 5.21 Å². The summed E-state index contributed by atoms with van der Waals surface area (Å²) in [4.78, 5) is 33.4. The summed E-state index contributed by atoms with van der Waals surface area (Å²) in [6.07, 6.45) is 4.15. The Morgan fingerprint density at radius 1 is 1.26 bits per heavy atom. The van der Waals surface area contributed by atoms with Crippen molar-refractivity contribution in [2.75, 3.05) is 0 Å². The minimum atomic E-state index is -0.686. The van der Waals surface area contributed by atoms with E-state index >= 15 is 0 Å². The Bertz CT molecular complexity index is 790. The lowest BCUT2D eigenvalue weighted by Gasteiger charge is -1.97. The molecule has 0 aliphatic heterocycles. The van der Waals surface area contributed by atoms with Gasteiger partial charge in [-0.05, 0) is 24.3 Å². The number of hydrogen-bond donors (Lipinski definition) is 2. The molecule has 1 amide bonds. The third-order valence-electron chi connectivity index (χ3n) is 3.16. The zero-order valence-corrected chi connectivity index (χ0v) is 12.1. The summed E-state index contributed by atoms with van der Waals surface area (Å²) in [6.45, 7) is 0. The fraction of sp³-hybridized carbons (Fsp3) is 0.0667. The van der Waals surface area contributed by atoms with Crippen LogP contribution in [0.25, 0.3) is 6.08 Å². The van der Waals surface area contributed by atoms with Gasteiger partial charge in [0.05, 0.1) is 4.92 Å². The summed E-state index contributed by atoms with van der Waals surface area (Å²) in [7, 11) is 1.70. The van der Waals surface area contributed by atoms with E-state index in [9.17, 15) is 19.7 Å². The van der Waals surface area contributed by atoms with Gasteiger partial charge in [0.1, 0.15) is 0 Å². The highest BCUT2D eigenvalue weighted by atomic mass is 16.6. The van der Waals surface area contributed by atoms with Crippen molar-refractivity contribution in [3.05, 3.63) is 69.5 Å². The average Bonchev–Trinajstić information content (AvgIpc) is 2.92. The van der Waals surface area contributed by atoms with Crippen LogP contribution in [0.3, 0.4) is 0 Å². The molecule has 118 valence electrons. The van der Waals surface area contributed by atoms with E-state index in [1.807, 2.05) is 0 Å². The van der Waals surface area contributed by atoms with Crippen LogP contribution in [0.15, 0.2) is 42.6 Å². The van der Waals surface area contributed by atoms with Crippen LogP contribution >= 0.6 is 0 Å². The third-order valence-corrected chi connectivity index (χ3v) is 3.16. The van der Waals surface area contributed by atoms with Gasteiger partial charge in [-0.15, -0.1) is 0 Å².